The molecule has 21 heavy (non-hydrogen) atoms. The molecule has 0 bridgehead atoms. The van der Waals surface area contributed by atoms with Gasteiger partial charge in [0.2, 0.25) is 0 Å². The summed E-state index contributed by atoms with van der Waals surface area (Å²) in [5, 5.41) is 0. The van der Waals surface area contributed by atoms with Gasteiger partial charge in [-0.25, -0.2) is 8.78 Å². The molecule has 4 heteroatoms. The molecule has 2 N–H and O–H groups in total. The van der Waals surface area contributed by atoms with Gasteiger partial charge in [-0.15, -0.1) is 0 Å². The predicted molar refractivity (Wildman–Crippen MR) is 77.1 cm³/mol. The minimum atomic E-state index is -0.559. The molecule has 2 aromatic rings. The van der Waals surface area contributed by atoms with E-state index in [-0.39, 0.29) is 12.0 Å². The number of hydrogen-bond donors (Lipinski definition) is 1. The van der Waals surface area contributed by atoms with Crippen molar-refractivity contribution in [2.45, 2.75) is 31.4 Å². The van der Waals surface area contributed by atoms with Gasteiger partial charge in [-0.05, 0) is 49.1 Å². The molecule has 0 aliphatic heterocycles. The minimum absolute atomic E-state index is 0.0264. The molecule has 0 amide bonds. The molecule has 3 rings (SSSR count). The summed E-state index contributed by atoms with van der Waals surface area (Å²) < 4.78 is 33.0. The number of halogens is 2. The second-order valence-corrected chi connectivity index (χ2v) is 5.40. The summed E-state index contributed by atoms with van der Waals surface area (Å²) >= 11 is 0. The monoisotopic (exact) mass is 289 g/mol. The summed E-state index contributed by atoms with van der Waals surface area (Å²) in [7, 11) is 0. The molecular formula is C17H17F2NO. The molecule has 2 nitrogen and oxygen atoms in total. The van der Waals surface area contributed by atoms with Gasteiger partial charge >= 0.3 is 0 Å². The third-order valence-electron chi connectivity index (χ3n) is 3.60. The lowest BCUT2D eigenvalue weighted by molar-refractivity contribution is 0.302. The van der Waals surface area contributed by atoms with E-state index >= 15 is 0 Å². The second-order valence-electron chi connectivity index (χ2n) is 5.40. The maximum atomic E-state index is 13.7. The number of benzene rings is 2. The summed E-state index contributed by atoms with van der Waals surface area (Å²) in [6.07, 6.45) is 2.58. The Morgan fingerprint density at radius 3 is 2.43 bits per heavy atom. The quantitative estimate of drug-likeness (QED) is 0.910. The summed E-state index contributed by atoms with van der Waals surface area (Å²) in [6, 6.07) is 10.8. The van der Waals surface area contributed by atoms with E-state index in [1.54, 1.807) is 0 Å². The van der Waals surface area contributed by atoms with Crippen LogP contribution in [0.15, 0.2) is 42.5 Å². The first-order valence-electron chi connectivity index (χ1n) is 7.08. The highest BCUT2D eigenvalue weighted by atomic mass is 19.1. The van der Waals surface area contributed by atoms with Crippen LogP contribution in [-0.4, -0.2) is 6.10 Å². The van der Waals surface area contributed by atoms with Crippen molar-refractivity contribution in [1.29, 1.82) is 0 Å². The second kappa shape index (κ2) is 5.82. The van der Waals surface area contributed by atoms with Crippen molar-refractivity contribution in [1.82, 2.24) is 0 Å². The number of nitrogens with two attached hydrogens (primary N) is 1. The SMILES string of the molecule is NC(Cc1c(F)cccc1F)c1cccc(OC2CC2)c1. The van der Waals surface area contributed by atoms with Crippen LogP contribution < -0.4 is 10.5 Å². The molecule has 0 spiro atoms. The van der Waals surface area contributed by atoms with E-state index in [0.29, 0.717) is 6.10 Å². The summed E-state index contributed by atoms with van der Waals surface area (Å²) in [5.74, 6) is -0.355. The third kappa shape index (κ3) is 3.39. The normalized spacial score (nSPS) is 15.8. The summed E-state index contributed by atoms with van der Waals surface area (Å²) in [5.41, 5.74) is 6.93. The van der Waals surface area contributed by atoms with E-state index in [1.165, 1.54) is 18.2 Å². The van der Waals surface area contributed by atoms with E-state index in [1.807, 2.05) is 24.3 Å². The Bertz CT molecular complexity index is 620. The highest BCUT2D eigenvalue weighted by Gasteiger charge is 2.23. The van der Waals surface area contributed by atoms with Crippen LogP contribution in [0.5, 0.6) is 5.75 Å². The Morgan fingerprint density at radius 1 is 1.10 bits per heavy atom. The van der Waals surface area contributed by atoms with E-state index in [9.17, 15) is 8.78 Å². The lowest BCUT2D eigenvalue weighted by Gasteiger charge is -2.15. The molecule has 1 atom stereocenters. The standard InChI is InChI=1S/C17H17F2NO/c18-15-5-2-6-16(19)14(15)10-17(20)11-3-1-4-13(9-11)21-12-7-8-12/h1-6,9,12,17H,7-8,10,20H2. The first-order valence-corrected chi connectivity index (χ1v) is 7.08. The number of rotatable bonds is 5. The van der Waals surface area contributed by atoms with Gasteiger partial charge in [0.1, 0.15) is 17.4 Å². The highest BCUT2D eigenvalue weighted by molar-refractivity contribution is 5.32. The van der Waals surface area contributed by atoms with Gasteiger partial charge < -0.3 is 10.5 Å². The molecule has 0 aromatic heterocycles. The third-order valence-corrected chi connectivity index (χ3v) is 3.60. The van der Waals surface area contributed by atoms with Crippen LogP contribution in [0.3, 0.4) is 0 Å². The van der Waals surface area contributed by atoms with Crippen LogP contribution in [0.4, 0.5) is 8.78 Å². The molecule has 0 saturated heterocycles. The van der Waals surface area contributed by atoms with Gasteiger partial charge in [0.05, 0.1) is 6.10 Å². The van der Waals surface area contributed by atoms with Gasteiger partial charge in [-0.2, -0.15) is 0 Å². The molecule has 1 aliphatic rings. The average molecular weight is 289 g/mol. The van der Waals surface area contributed by atoms with E-state index in [2.05, 4.69) is 0 Å². The van der Waals surface area contributed by atoms with Gasteiger partial charge in [-0.3, -0.25) is 0 Å². The lowest BCUT2D eigenvalue weighted by atomic mass is 9.99. The highest BCUT2D eigenvalue weighted by Crippen LogP contribution is 2.29. The van der Waals surface area contributed by atoms with Crippen molar-refractivity contribution in [3.8, 4) is 5.75 Å². The Balaban J connectivity index is 1.76. The Kier molecular flexibility index (Phi) is 3.88. The van der Waals surface area contributed by atoms with Gasteiger partial charge in [-0.1, -0.05) is 18.2 Å². The molecule has 1 fully saturated rings. The van der Waals surface area contributed by atoms with Crippen molar-refractivity contribution in [2.24, 2.45) is 5.73 Å². The number of hydrogen-bond acceptors (Lipinski definition) is 2. The van der Waals surface area contributed by atoms with Crippen molar-refractivity contribution in [3.63, 3.8) is 0 Å². The van der Waals surface area contributed by atoms with Crippen LogP contribution in [-0.2, 0) is 6.42 Å². The zero-order chi connectivity index (χ0) is 14.8. The predicted octanol–water partition coefficient (Wildman–Crippen LogP) is 3.75. The molecule has 1 aliphatic carbocycles. The molecule has 0 radical (unpaired) electrons. The molecular weight excluding hydrogens is 272 g/mol. The molecule has 1 unspecified atom stereocenters. The number of ether oxygens (including phenoxy) is 1. The van der Waals surface area contributed by atoms with Crippen LogP contribution in [0.25, 0.3) is 0 Å². The first kappa shape index (κ1) is 14.0. The van der Waals surface area contributed by atoms with Crippen LogP contribution in [0.2, 0.25) is 0 Å². The zero-order valence-corrected chi connectivity index (χ0v) is 11.6. The fourth-order valence-electron chi connectivity index (χ4n) is 2.26. The topological polar surface area (TPSA) is 35.2 Å². The van der Waals surface area contributed by atoms with Gasteiger partial charge in [0, 0.05) is 11.6 Å². The van der Waals surface area contributed by atoms with E-state index in [0.717, 1.165) is 24.2 Å². The van der Waals surface area contributed by atoms with Gasteiger partial charge in [0.25, 0.3) is 0 Å². The Morgan fingerprint density at radius 2 is 1.76 bits per heavy atom. The molecule has 0 heterocycles. The van der Waals surface area contributed by atoms with E-state index < -0.39 is 17.7 Å². The summed E-state index contributed by atoms with van der Waals surface area (Å²) in [6.45, 7) is 0. The smallest absolute Gasteiger partial charge is 0.129 e. The Labute approximate surface area is 122 Å². The Hall–Kier alpha value is -1.94. The van der Waals surface area contributed by atoms with Crippen LogP contribution in [0.1, 0.15) is 30.0 Å². The van der Waals surface area contributed by atoms with Crippen LogP contribution >= 0.6 is 0 Å². The fourth-order valence-corrected chi connectivity index (χ4v) is 2.26. The van der Waals surface area contributed by atoms with E-state index in [4.69, 9.17) is 10.5 Å². The zero-order valence-electron chi connectivity index (χ0n) is 11.6. The average Bonchev–Trinajstić information content (AvgIpc) is 3.27. The lowest BCUT2D eigenvalue weighted by Crippen LogP contribution is -2.15. The van der Waals surface area contributed by atoms with Crippen LogP contribution in [0, 0.1) is 11.6 Å². The first-order chi connectivity index (χ1) is 10.1. The van der Waals surface area contributed by atoms with Crippen molar-refractivity contribution in [3.05, 3.63) is 65.2 Å². The fraction of sp³-hybridized carbons (Fsp3) is 0.294. The van der Waals surface area contributed by atoms with Crippen molar-refractivity contribution >= 4 is 0 Å². The maximum Gasteiger partial charge on any atom is 0.129 e. The molecule has 110 valence electrons. The largest absolute Gasteiger partial charge is 0.490 e. The van der Waals surface area contributed by atoms with Crippen molar-refractivity contribution in [2.75, 3.05) is 0 Å². The summed E-state index contributed by atoms with van der Waals surface area (Å²) in [4.78, 5) is 0. The molecule has 1 saturated carbocycles. The minimum Gasteiger partial charge on any atom is -0.490 e. The van der Waals surface area contributed by atoms with Gasteiger partial charge in [0.15, 0.2) is 0 Å². The van der Waals surface area contributed by atoms with Crippen molar-refractivity contribution < 1.29 is 13.5 Å². The molecule has 2 aromatic carbocycles. The maximum absolute atomic E-state index is 13.7.